The van der Waals surface area contributed by atoms with E-state index in [1.165, 1.54) is 0 Å². The first-order chi connectivity index (χ1) is 16.7. The monoisotopic (exact) mass is 490 g/mol. The summed E-state index contributed by atoms with van der Waals surface area (Å²) in [6.07, 6.45) is 7.24. The highest BCUT2D eigenvalue weighted by Gasteiger charge is 2.17. The topological polar surface area (TPSA) is 103 Å². The van der Waals surface area contributed by atoms with Gasteiger partial charge in [0.15, 0.2) is 0 Å². The quantitative estimate of drug-likeness (QED) is 0.379. The van der Waals surface area contributed by atoms with Gasteiger partial charge in [0.25, 0.3) is 0 Å². The van der Waals surface area contributed by atoms with Gasteiger partial charge in [0.1, 0.15) is 5.69 Å². The molecule has 2 aromatic heterocycles. The molecular formula is C27H27ClN4O3. The van der Waals surface area contributed by atoms with Crippen molar-refractivity contribution in [2.45, 2.75) is 12.8 Å². The fraction of sp³-hybridized carbons (Fsp3) is 0.222. The third-order valence-corrected chi connectivity index (χ3v) is 6.13. The van der Waals surface area contributed by atoms with Crippen LogP contribution in [0.3, 0.4) is 0 Å². The molecular weight excluding hydrogens is 464 g/mol. The minimum Gasteiger partial charge on any atom is -0.476 e. The average molecular weight is 491 g/mol. The molecule has 0 unspecified atom stereocenters. The molecule has 2 aromatic carbocycles. The van der Waals surface area contributed by atoms with Crippen molar-refractivity contribution in [1.82, 2.24) is 15.3 Å². The molecule has 180 valence electrons. The highest BCUT2D eigenvalue weighted by Crippen LogP contribution is 2.32. The zero-order valence-corrected chi connectivity index (χ0v) is 20.0. The zero-order valence-electron chi connectivity index (χ0n) is 19.1. The highest BCUT2D eigenvalue weighted by atomic mass is 35.5. The predicted molar refractivity (Wildman–Crippen MR) is 137 cm³/mol. The van der Waals surface area contributed by atoms with Gasteiger partial charge in [-0.2, -0.15) is 0 Å². The summed E-state index contributed by atoms with van der Waals surface area (Å²) in [5.74, 6) is 0.557. The van der Waals surface area contributed by atoms with Gasteiger partial charge in [-0.25, -0.2) is 9.97 Å². The number of carbonyl (C=O) groups is 1. The predicted octanol–water partition coefficient (Wildman–Crippen LogP) is 4.97. The van der Waals surface area contributed by atoms with Crippen LogP contribution in [0.15, 0.2) is 77.7 Å². The number of nitrogens with zero attached hydrogens (tertiary/aromatic N) is 2. The van der Waals surface area contributed by atoms with Crippen molar-refractivity contribution in [3.63, 3.8) is 0 Å². The second kappa shape index (κ2) is 11.2. The molecule has 1 amide bonds. The molecule has 1 fully saturated rings. The van der Waals surface area contributed by atoms with Crippen molar-refractivity contribution >= 4 is 18.3 Å². The van der Waals surface area contributed by atoms with Crippen LogP contribution in [-0.4, -0.2) is 35.6 Å². The number of nitrogens with two attached hydrogens (primary N) is 1. The van der Waals surface area contributed by atoms with E-state index in [9.17, 15) is 4.79 Å². The largest absolute Gasteiger partial charge is 0.476 e. The van der Waals surface area contributed by atoms with Crippen LogP contribution in [0.5, 0.6) is 5.88 Å². The first kappa shape index (κ1) is 24.4. The number of primary amides is 1. The molecule has 3 N–H and O–H groups in total. The summed E-state index contributed by atoms with van der Waals surface area (Å²) in [7, 11) is 0. The Kier molecular flexibility index (Phi) is 7.80. The van der Waals surface area contributed by atoms with Gasteiger partial charge in [-0.15, -0.1) is 12.4 Å². The Morgan fingerprint density at radius 1 is 0.943 bits per heavy atom. The van der Waals surface area contributed by atoms with Crippen LogP contribution < -0.4 is 15.8 Å². The summed E-state index contributed by atoms with van der Waals surface area (Å²) >= 11 is 0. The number of amides is 1. The maximum atomic E-state index is 11.5. The van der Waals surface area contributed by atoms with E-state index in [-0.39, 0.29) is 12.4 Å². The third-order valence-electron chi connectivity index (χ3n) is 6.13. The average Bonchev–Trinajstić information content (AvgIpc) is 3.43. The lowest BCUT2D eigenvalue weighted by atomic mass is 9.99. The molecule has 0 saturated carbocycles. The summed E-state index contributed by atoms with van der Waals surface area (Å²) in [6, 6.07) is 17.1. The fourth-order valence-corrected chi connectivity index (χ4v) is 4.15. The van der Waals surface area contributed by atoms with Crippen LogP contribution in [0, 0.1) is 5.92 Å². The van der Waals surface area contributed by atoms with E-state index in [0.29, 0.717) is 35.4 Å². The molecule has 1 aliphatic rings. The molecule has 7 nitrogen and oxygen atoms in total. The van der Waals surface area contributed by atoms with Gasteiger partial charge in [0.2, 0.25) is 11.8 Å². The number of ether oxygens (including phenoxy) is 1. The fourth-order valence-electron chi connectivity index (χ4n) is 4.15. The normalized spacial score (nSPS) is 13.7. The number of piperidine rings is 1. The third kappa shape index (κ3) is 5.70. The summed E-state index contributed by atoms with van der Waals surface area (Å²) < 4.78 is 11.3. The van der Waals surface area contributed by atoms with Crippen LogP contribution in [-0.2, 0) is 0 Å². The van der Waals surface area contributed by atoms with Crippen molar-refractivity contribution in [1.29, 1.82) is 0 Å². The number of furan rings is 1. The molecule has 4 aromatic rings. The van der Waals surface area contributed by atoms with Crippen LogP contribution in [0.2, 0.25) is 0 Å². The molecule has 3 heterocycles. The first-order valence-corrected chi connectivity index (χ1v) is 11.4. The van der Waals surface area contributed by atoms with E-state index in [1.54, 1.807) is 30.9 Å². The Balaban J connectivity index is 0.00000289. The minimum atomic E-state index is -0.464. The second-order valence-corrected chi connectivity index (χ2v) is 8.44. The highest BCUT2D eigenvalue weighted by molar-refractivity contribution is 5.93. The number of nitrogens with one attached hydrogen (secondary N) is 1. The molecule has 0 radical (unpaired) electrons. The molecule has 35 heavy (non-hydrogen) atoms. The van der Waals surface area contributed by atoms with Gasteiger partial charge in [0, 0.05) is 22.3 Å². The number of halogens is 1. The molecule has 1 aliphatic heterocycles. The van der Waals surface area contributed by atoms with Gasteiger partial charge < -0.3 is 20.2 Å². The lowest BCUT2D eigenvalue weighted by molar-refractivity contribution is 0.100. The van der Waals surface area contributed by atoms with Crippen LogP contribution in [0.25, 0.3) is 33.6 Å². The van der Waals surface area contributed by atoms with Crippen molar-refractivity contribution in [2.24, 2.45) is 11.7 Å². The number of hydrogen-bond acceptors (Lipinski definition) is 6. The Morgan fingerprint density at radius 2 is 1.60 bits per heavy atom. The van der Waals surface area contributed by atoms with Crippen molar-refractivity contribution in [2.75, 3.05) is 19.7 Å². The summed E-state index contributed by atoms with van der Waals surface area (Å²) in [4.78, 5) is 21.0. The molecule has 0 atom stereocenters. The molecule has 0 spiro atoms. The number of rotatable bonds is 7. The summed E-state index contributed by atoms with van der Waals surface area (Å²) in [6.45, 7) is 2.67. The van der Waals surface area contributed by atoms with Gasteiger partial charge >= 0.3 is 0 Å². The Labute approximate surface area is 210 Å². The molecule has 0 aliphatic carbocycles. The summed E-state index contributed by atoms with van der Waals surface area (Å²) in [5, 5.41) is 3.38. The van der Waals surface area contributed by atoms with E-state index >= 15 is 0 Å². The second-order valence-electron chi connectivity index (χ2n) is 8.44. The first-order valence-electron chi connectivity index (χ1n) is 11.4. The number of benzene rings is 2. The Bertz CT molecular complexity index is 1250. The van der Waals surface area contributed by atoms with Gasteiger partial charge in [-0.1, -0.05) is 36.4 Å². The number of aromatic nitrogens is 2. The van der Waals surface area contributed by atoms with E-state index in [2.05, 4.69) is 5.32 Å². The van der Waals surface area contributed by atoms with E-state index in [0.717, 1.165) is 48.2 Å². The van der Waals surface area contributed by atoms with E-state index in [4.69, 9.17) is 24.9 Å². The van der Waals surface area contributed by atoms with Crippen LogP contribution in [0.1, 0.15) is 23.2 Å². The van der Waals surface area contributed by atoms with Crippen LogP contribution >= 0.6 is 12.4 Å². The maximum absolute atomic E-state index is 11.5. The lowest BCUT2D eigenvalue weighted by Gasteiger charge is -2.22. The number of carbonyl (C=O) groups excluding carboxylic acids is 1. The van der Waals surface area contributed by atoms with Crippen LogP contribution in [0.4, 0.5) is 0 Å². The molecule has 5 rings (SSSR count). The van der Waals surface area contributed by atoms with E-state index < -0.39 is 5.91 Å². The SMILES string of the molecule is Cl.NC(=O)c1ccc(-c2ncc(OCC3CCNCC3)nc2-c2ccc(-c3ccoc3)cc2)cc1. The molecule has 8 heteroatoms. The van der Waals surface area contributed by atoms with Crippen molar-refractivity contribution < 1.29 is 13.9 Å². The maximum Gasteiger partial charge on any atom is 0.248 e. The molecule has 0 bridgehead atoms. The van der Waals surface area contributed by atoms with Gasteiger partial charge in [-0.3, -0.25) is 4.79 Å². The zero-order chi connectivity index (χ0) is 23.3. The van der Waals surface area contributed by atoms with Gasteiger partial charge in [0.05, 0.1) is 31.0 Å². The lowest BCUT2D eigenvalue weighted by Crippen LogP contribution is -2.30. The van der Waals surface area contributed by atoms with Crippen molar-refractivity contribution in [3.8, 4) is 39.5 Å². The molecule has 1 saturated heterocycles. The minimum absolute atomic E-state index is 0. The van der Waals surface area contributed by atoms with E-state index in [1.807, 2.05) is 42.5 Å². The Hall–Kier alpha value is -3.68. The number of hydrogen-bond donors (Lipinski definition) is 2. The summed E-state index contributed by atoms with van der Waals surface area (Å²) in [5.41, 5.74) is 11.1. The standard InChI is InChI=1S/C27H26N4O3.ClH/c28-27(32)22-7-5-20(6-8-22)25-26(21-3-1-19(2-4-21)23-11-14-33-17-23)31-24(15-30-25)34-16-18-9-12-29-13-10-18;/h1-8,11,14-15,17-18,29H,9-10,12-13,16H2,(H2,28,32);1H. The van der Waals surface area contributed by atoms with Gasteiger partial charge in [-0.05, 0) is 55.6 Å². The Morgan fingerprint density at radius 3 is 2.26 bits per heavy atom. The van der Waals surface area contributed by atoms with Crippen molar-refractivity contribution in [3.05, 3.63) is 78.9 Å². The smallest absolute Gasteiger partial charge is 0.248 e.